The number of carbonyl (C=O) groups excluding carboxylic acids is 3. The van der Waals surface area contributed by atoms with Crippen LogP contribution in [0.15, 0.2) is 97.1 Å². The summed E-state index contributed by atoms with van der Waals surface area (Å²) in [4.78, 5) is 38.7. The zero-order valence-electron chi connectivity index (χ0n) is 26.2. The summed E-state index contributed by atoms with van der Waals surface area (Å²) in [6.07, 6.45) is -0.907. The number of likely N-dealkylation sites (tertiary alicyclic amines) is 1. The Kier molecular flexibility index (Phi) is 9.16. The van der Waals surface area contributed by atoms with E-state index < -0.39 is 18.2 Å². The topological polar surface area (TPSA) is 135 Å². The van der Waals surface area contributed by atoms with Gasteiger partial charge in [0.05, 0.1) is 36.0 Å². The number of amides is 1. The molecule has 0 saturated carbocycles. The molecule has 10 nitrogen and oxygen atoms in total. The van der Waals surface area contributed by atoms with Crippen LogP contribution in [-0.2, 0) is 27.4 Å². The van der Waals surface area contributed by atoms with Gasteiger partial charge in [-0.15, -0.1) is 0 Å². The lowest BCUT2D eigenvalue weighted by molar-refractivity contribution is -0.263. The lowest BCUT2D eigenvalue weighted by atomic mass is 9.83. The molecule has 4 aromatic rings. The Balaban J connectivity index is 1.11. The van der Waals surface area contributed by atoms with Gasteiger partial charge in [-0.05, 0) is 46.9 Å². The van der Waals surface area contributed by atoms with Crippen LogP contribution < -0.4 is 5.32 Å². The third-order valence-electron chi connectivity index (χ3n) is 9.27. The molecular formula is C38H36N2O8. The Hall–Kier alpha value is -4.71. The molecular weight excluding hydrogens is 612 g/mol. The Morgan fingerprint density at radius 3 is 2.23 bits per heavy atom. The third-order valence-corrected chi connectivity index (χ3v) is 9.27. The predicted molar refractivity (Wildman–Crippen MR) is 174 cm³/mol. The molecule has 3 heterocycles. The van der Waals surface area contributed by atoms with Crippen molar-refractivity contribution in [2.24, 2.45) is 0 Å². The first-order valence-corrected chi connectivity index (χ1v) is 16.1. The van der Waals surface area contributed by atoms with Crippen LogP contribution in [0.3, 0.4) is 0 Å². The number of aliphatic hydroxyl groups excluding tert-OH is 2. The summed E-state index contributed by atoms with van der Waals surface area (Å²) in [6.45, 7) is 2.20. The van der Waals surface area contributed by atoms with Crippen molar-refractivity contribution >= 4 is 17.8 Å². The summed E-state index contributed by atoms with van der Waals surface area (Å²) in [5, 5.41) is 22.8. The van der Waals surface area contributed by atoms with E-state index in [9.17, 15) is 24.6 Å². The molecule has 2 saturated heterocycles. The van der Waals surface area contributed by atoms with Crippen LogP contribution in [0.2, 0.25) is 0 Å². The number of hydrogen-bond donors (Lipinski definition) is 3. The van der Waals surface area contributed by atoms with Gasteiger partial charge >= 0.3 is 11.9 Å². The first kappa shape index (κ1) is 31.9. The van der Waals surface area contributed by atoms with Crippen molar-refractivity contribution in [2.75, 3.05) is 19.6 Å². The van der Waals surface area contributed by atoms with Crippen LogP contribution in [0, 0.1) is 0 Å². The number of nitrogens with zero attached hydrogens (tertiary/aromatic N) is 1. The van der Waals surface area contributed by atoms with Crippen LogP contribution in [0.25, 0.3) is 0 Å². The van der Waals surface area contributed by atoms with Gasteiger partial charge in [-0.1, -0.05) is 78.9 Å². The maximum Gasteiger partial charge on any atom is 0.346 e. The SMILES string of the molecule is O=C(NCc1ccc(C2OC(CN3CCC(O)C3)C(c3ccccc3)C(c3ccc(CO)cc3)O2)cc1)c1ccc2c(c1)C(=O)OC2=O. The molecule has 0 radical (unpaired) electrons. The molecule has 3 N–H and O–H groups in total. The van der Waals surface area contributed by atoms with E-state index in [0.29, 0.717) is 13.1 Å². The zero-order chi connectivity index (χ0) is 33.2. The average molecular weight is 649 g/mol. The molecule has 5 unspecified atom stereocenters. The lowest BCUT2D eigenvalue weighted by Gasteiger charge is -2.44. The van der Waals surface area contributed by atoms with E-state index >= 15 is 0 Å². The molecule has 1 amide bonds. The van der Waals surface area contributed by atoms with Crippen molar-refractivity contribution in [1.82, 2.24) is 10.2 Å². The molecule has 5 atom stereocenters. The number of esters is 2. The number of fused-ring (bicyclic) bond motifs is 1. The van der Waals surface area contributed by atoms with Gasteiger partial charge in [0.25, 0.3) is 5.91 Å². The second-order valence-electron chi connectivity index (χ2n) is 12.5. The van der Waals surface area contributed by atoms with Gasteiger partial charge in [0.15, 0.2) is 6.29 Å². The second-order valence-corrected chi connectivity index (χ2v) is 12.5. The summed E-state index contributed by atoms with van der Waals surface area (Å²) < 4.78 is 18.2. The number of benzene rings is 4. The highest BCUT2D eigenvalue weighted by Crippen LogP contribution is 2.47. The monoisotopic (exact) mass is 648 g/mol. The van der Waals surface area contributed by atoms with E-state index in [1.807, 2.05) is 66.7 Å². The Labute approximate surface area is 277 Å². The maximum absolute atomic E-state index is 12.9. The van der Waals surface area contributed by atoms with Crippen molar-refractivity contribution in [3.05, 3.63) is 142 Å². The molecule has 246 valence electrons. The fourth-order valence-electron chi connectivity index (χ4n) is 6.70. The molecule has 10 heteroatoms. The Morgan fingerprint density at radius 1 is 0.812 bits per heavy atom. The van der Waals surface area contributed by atoms with Gasteiger partial charge in [-0.25, -0.2) is 9.59 Å². The van der Waals surface area contributed by atoms with Crippen LogP contribution in [0.1, 0.15) is 83.6 Å². The zero-order valence-corrected chi connectivity index (χ0v) is 26.2. The third kappa shape index (κ3) is 6.66. The molecule has 0 aromatic heterocycles. The summed E-state index contributed by atoms with van der Waals surface area (Å²) >= 11 is 0. The minimum atomic E-state index is -0.757. The largest absolute Gasteiger partial charge is 0.392 e. The molecule has 3 aliphatic heterocycles. The molecule has 4 aromatic carbocycles. The minimum absolute atomic E-state index is 0.0463. The van der Waals surface area contributed by atoms with Crippen molar-refractivity contribution in [3.63, 3.8) is 0 Å². The summed E-state index contributed by atoms with van der Waals surface area (Å²) in [7, 11) is 0. The van der Waals surface area contributed by atoms with Gasteiger partial charge in [0.1, 0.15) is 0 Å². The van der Waals surface area contributed by atoms with Crippen LogP contribution in [-0.4, -0.2) is 64.8 Å². The summed E-state index contributed by atoms with van der Waals surface area (Å²) in [5.74, 6) is -1.98. The Bertz CT molecular complexity index is 1790. The van der Waals surface area contributed by atoms with Crippen LogP contribution in [0.4, 0.5) is 0 Å². The number of aliphatic hydroxyl groups is 2. The predicted octanol–water partition coefficient (Wildman–Crippen LogP) is 4.43. The fraction of sp³-hybridized carbons (Fsp3) is 0.289. The smallest absolute Gasteiger partial charge is 0.346 e. The van der Waals surface area contributed by atoms with Gasteiger partial charge < -0.3 is 29.7 Å². The highest BCUT2D eigenvalue weighted by molar-refractivity contribution is 6.15. The van der Waals surface area contributed by atoms with Crippen molar-refractivity contribution in [2.45, 2.75) is 50.1 Å². The van der Waals surface area contributed by atoms with E-state index in [1.165, 1.54) is 18.2 Å². The standard InChI is InChI=1S/C38H36N2O8/c41-22-24-8-10-26(11-9-24)34-33(25-4-2-1-3-5-25)32(21-40-17-16-29(42)20-40)46-38(47-34)27-12-6-23(7-13-27)19-39-35(43)28-14-15-30-31(18-28)37(45)48-36(30)44/h1-15,18,29,32-34,38,41-42H,16-17,19-22H2,(H,39,43). The number of β-amino-alcohol motifs (C(OH)–C–C–N with tert-alkyl or cyclic N) is 1. The quantitative estimate of drug-likeness (QED) is 0.178. The number of nitrogens with one attached hydrogen (secondary N) is 1. The molecule has 7 rings (SSSR count). The van der Waals surface area contributed by atoms with E-state index in [0.717, 1.165) is 40.8 Å². The van der Waals surface area contributed by atoms with Gasteiger partial charge in [0.2, 0.25) is 0 Å². The normalized spacial score (nSPS) is 23.9. The summed E-state index contributed by atoms with van der Waals surface area (Å²) in [6, 6.07) is 30.0. The average Bonchev–Trinajstić information content (AvgIpc) is 3.67. The molecule has 0 spiro atoms. The lowest BCUT2D eigenvalue weighted by Crippen LogP contribution is -2.44. The molecule has 2 fully saturated rings. The minimum Gasteiger partial charge on any atom is -0.392 e. The number of cyclic esters (lactones) is 2. The van der Waals surface area contributed by atoms with E-state index in [-0.39, 0.29) is 60.0 Å². The number of ether oxygens (including phenoxy) is 3. The van der Waals surface area contributed by atoms with Gasteiger partial charge in [0, 0.05) is 43.2 Å². The second kappa shape index (κ2) is 13.8. The highest BCUT2D eigenvalue weighted by atomic mass is 16.7. The maximum atomic E-state index is 12.9. The van der Waals surface area contributed by atoms with Crippen molar-refractivity contribution in [3.8, 4) is 0 Å². The van der Waals surface area contributed by atoms with Crippen molar-refractivity contribution < 1.29 is 38.8 Å². The van der Waals surface area contributed by atoms with Crippen molar-refractivity contribution in [1.29, 1.82) is 0 Å². The van der Waals surface area contributed by atoms with E-state index in [4.69, 9.17) is 9.47 Å². The number of carbonyl (C=O) groups is 3. The van der Waals surface area contributed by atoms with E-state index in [2.05, 4.69) is 27.1 Å². The molecule has 0 bridgehead atoms. The highest BCUT2D eigenvalue weighted by Gasteiger charge is 2.43. The first-order valence-electron chi connectivity index (χ1n) is 16.1. The van der Waals surface area contributed by atoms with Gasteiger partial charge in [-0.2, -0.15) is 0 Å². The Morgan fingerprint density at radius 2 is 1.52 bits per heavy atom. The fourth-order valence-corrected chi connectivity index (χ4v) is 6.70. The number of hydrogen-bond acceptors (Lipinski definition) is 9. The van der Waals surface area contributed by atoms with Crippen LogP contribution >= 0.6 is 0 Å². The summed E-state index contributed by atoms with van der Waals surface area (Å²) in [5.41, 5.74) is 5.04. The molecule has 0 aliphatic carbocycles. The van der Waals surface area contributed by atoms with Gasteiger partial charge in [-0.3, -0.25) is 9.69 Å². The van der Waals surface area contributed by atoms with Crippen LogP contribution in [0.5, 0.6) is 0 Å². The first-order chi connectivity index (χ1) is 23.4. The number of rotatable bonds is 9. The molecule has 3 aliphatic rings. The van der Waals surface area contributed by atoms with E-state index in [1.54, 1.807) is 0 Å². The molecule has 48 heavy (non-hydrogen) atoms.